The average molecular weight is 261 g/mol. The first-order valence-corrected chi connectivity index (χ1v) is 7.21. The van der Waals surface area contributed by atoms with Crippen molar-refractivity contribution in [1.29, 1.82) is 0 Å². The fourth-order valence-electron chi connectivity index (χ4n) is 2.83. The molecule has 0 aliphatic carbocycles. The lowest BCUT2D eigenvalue weighted by Gasteiger charge is -2.36. The first kappa shape index (κ1) is 13.8. The molecule has 2 heterocycles. The van der Waals surface area contributed by atoms with E-state index in [2.05, 4.69) is 17.2 Å². The van der Waals surface area contributed by atoms with Gasteiger partial charge < -0.3 is 10.2 Å². The smallest absolute Gasteiger partial charge is 0.257 e. The minimum absolute atomic E-state index is 0.121. The minimum atomic E-state index is 0.121. The Hall–Kier alpha value is -1.58. The van der Waals surface area contributed by atoms with Gasteiger partial charge in [0.2, 0.25) is 0 Å². The fraction of sp³-hybridized carbons (Fsp3) is 0.600. The van der Waals surface area contributed by atoms with E-state index in [-0.39, 0.29) is 5.91 Å². The van der Waals surface area contributed by atoms with Crippen molar-refractivity contribution in [2.45, 2.75) is 45.1 Å². The number of carbonyl (C=O) groups excluding carboxylic acids is 1. The standard InChI is InChI=1S/C15H23N3O/c1-3-7-12-8-4-5-11-18(12)15(19)13-9-6-10-17-14(13)16-2/h6,9-10,12H,3-5,7-8,11H2,1-2H3,(H,16,17). The average Bonchev–Trinajstić information content (AvgIpc) is 2.47. The molecular weight excluding hydrogens is 238 g/mol. The molecule has 1 saturated heterocycles. The Labute approximate surface area is 115 Å². The van der Waals surface area contributed by atoms with E-state index in [0.717, 1.165) is 32.2 Å². The van der Waals surface area contributed by atoms with E-state index in [4.69, 9.17) is 0 Å². The fourth-order valence-corrected chi connectivity index (χ4v) is 2.83. The Morgan fingerprint density at radius 1 is 1.53 bits per heavy atom. The van der Waals surface area contributed by atoms with Gasteiger partial charge in [0.15, 0.2) is 0 Å². The Morgan fingerprint density at radius 2 is 2.37 bits per heavy atom. The predicted octanol–water partition coefficient (Wildman–Crippen LogP) is 2.92. The number of carbonyl (C=O) groups is 1. The lowest BCUT2D eigenvalue weighted by Crippen LogP contribution is -2.43. The van der Waals surface area contributed by atoms with Gasteiger partial charge in [0.25, 0.3) is 5.91 Å². The number of nitrogens with one attached hydrogen (secondary N) is 1. The summed E-state index contributed by atoms with van der Waals surface area (Å²) >= 11 is 0. The maximum atomic E-state index is 12.7. The van der Waals surface area contributed by atoms with Crippen molar-refractivity contribution in [1.82, 2.24) is 9.88 Å². The topological polar surface area (TPSA) is 45.2 Å². The largest absolute Gasteiger partial charge is 0.372 e. The number of pyridine rings is 1. The van der Waals surface area contributed by atoms with E-state index in [1.807, 2.05) is 17.0 Å². The highest BCUT2D eigenvalue weighted by Gasteiger charge is 2.28. The third-order valence-corrected chi connectivity index (χ3v) is 3.78. The molecule has 1 aliphatic rings. The Bertz CT molecular complexity index is 431. The zero-order chi connectivity index (χ0) is 13.7. The van der Waals surface area contributed by atoms with Crippen LogP contribution in [0.1, 0.15) is 49.4 Å². The Morgan fingerprint density at radius 3 is 3.11 bits per heavy atom. The van der Waals surface area contributed by atoms with Gasteiger partial charge in [-0.1, -0.05) is 13.3 Å². The van der Waals surface area contributed by atoms with Gasteiger partial charge in [0.05, 0.1) is 5.56 Å². The molecule has 1 unspecified atom stereocenters. The number of anilines is 1. The second-order valence-electron chi connectivity index (χ2n) is 5.09. The molecule has 104 valence electrons. The Balaban J connectivity index is 2.21. The molecular formula is C15H23N3O. The van der Waals surface area contributed by atoms with Crippen LogP contribution in [0.5, 0.6) is 0 Å². The highest BCUT2D eigenvalue weighted by atomic mass is 16.2. The highest BCUT2D eigenvalue weighted by molar-refractivity contribution is 5.98. The SMILES string of the molecule is CCCC1CCCCN1C(=O)c1cccnc1NC. The van der Waals surface area contributed by atoms with Crippen LogP contribution in [0.3, 0.4) is 0 Å². The third kappa shape index (κ3) is 3.06. The summed E-state index contributed by atoms with van der Waals surface area (Å²) in [6.45, 7) is 3.06. The van der Waals surface area contributed by atoms with Gasteiger partial charge in [-0.15, -0.1) is 0 Å². The quantitative estimate of drug-likeness (QED) is 0.906. The van der Waals surface area contributed by atoms with Crippen LogP contribution >= 0.6 is 0 Å². The number of rotatable bonds is 4. The maximum absolute atomic E-state index is 12.7. The van der Waals surface area contributed by atoms with Gasteiger partial charge in [-0.05, 0) is 37.8 Å². The van der Waals surface area contributed by atoms with Crippen LogP contribution in [0.4, 0.5) is 5.82 Å². The second-order valence-corrected chi connectivity index (χ2v) is 5.09. The van der Waals surface area contributed by atoms with Crippen LogP contribution in [0.2, 0.25) is 0 Å². The molecule has 0 saturated carbocycles. The summed E-state index contributed by atoms with van der Waals surface area (Å²) < 4.78 is 0. The van der Waals surface area contributed by atoms with E-state index >= 15 is 0 Å². The Kier molecular flexibility index (Phi) is 4.77. The van der Waals surface area contributed by atoms with Crippen molar-refractivity contribution in [3.05, 3.63) is 23.9 Å². The zero-order valence-corrected chi connectivity index (χ0v) is 11.9. The molecule has 4 nitrogen and oxygen atoms in total. The van der Waals surface area contributed by atoms with E-state index in [1.165, 1.54) is 6.42 Å². The molecule has 0 aromatic carbocycles. The number of likely N-dealkylation sites (tertiary alicyclic amines) is 1. The van der Waals surface area contributed by atoms with Crippen LogP contribution < -0.4 is 5.32 Å². The third-order valence-electron chi connectivity index (χ3n) is 3.78. The van der Waals surface area contributed by atoms with Gasteiger partial charge in [0, 0.05) is 25.8 Å². The van der Waals surface area contributed by atoms with E-state index in [0.29, 0.717) is 17.4 Å². The molecule has 1 N–H and O–H groups in total. The maximum Gasteiger partial charge on any atom is 0.257 e. The summed E-state index contributed by atoms with van der Waals surface area (Å²) in [5, 5.41) is 3.00. The van der Waals surface area contributed by atoms with Crippen molar-refractivity contribution < 1.29 is 4.79 Å². The lowest BCUT2D eigenvalue weighted by atomic mass is 9.97. The molecule has 1 aromatic rings. The van der Waals surface area contributed by atoms with Crippen molar-refractivity contribution in [2.75, 3.05) is 18.9 Å². The second kappa shape index (κ2) is 6.55. The molecule has 1 atom stereocenters. The van der Waals surface area contributed by atoms with Gasteiger partial charge in [-0.2, -0.15) is 0 Å². The molecule has 0 radical (unpaired) electrons. The highest BCUT2D eigenvalue weighted by Crippen LogP contribution is 2.24. The summed E-state index contributed by atoms with van der Waals surface area (Å²) in [7, 11) is 1.80. The van der Waals surface area contributed by atoms with Crippen molar-refractivity contribution >= 4 is 11.7 Å². The zero-order valence-electron chi connectivity index (χ0n) is 11.9. The number of hydrogen-bond donors (Lipinski definition) is 1. The number of amides is 1. The molecule has 2 rings (SSSR count). The van der Waals surface area contributed by atoms with Gasteiger partial charge >= 0.3 is 0 Å². The van der Waals surface area contributed by atoms with Crippen LogP contribution in [0.25, 0.3) is 0 Å². The lowest BCUT2D eigenvalue weighted by molar-refractivity contribution is 0.0601. The van der Waals surface area contributed by atoms with Crippen molar-refractivity contribution in [2.24, 2.45) is 0 Å². The molecule has 0 bridgehead atoms. The van der Waals surface area contributed by atoms with Crippen LogP contribution in [-0.2, 0) is 0 Å². The molecule has 4 heteroatoms. The summed E-state index contributed by atoms with van der Waals surface area (Å²) in [4.78, 5) is 19.0. The molecule has 19 heavy (non-hydrogen) atoms. The number of aromatic nitrogens is 1. The molecule has 1 aromatic heterocycles. The predicted molar refractivity (Wildman–Crippen MR) is 77.4 cm³/mol. The van der Waals surface area contributed by atoms with E-state index in [9.17, 15) is 4.79 Å². The number of hydrogen-bond acceptors (Lipinski definition) is 3. The van der Waals surface area contributed by atoms with Gasteiger partial charge in [-0.25, -0.2) is 4.98 Å². The van der Waals surface area contributed by atoms with Crippen LogP contribution in [0.15, 0.2) is 18.3 Å². The summed E-state index contributed by atoms with van der Waals surface area (Å²) in [5.41, 5.74) is 0.688. The summed E-state index contributed by atoms with van der Waals surface area (Å²) in [6, 6.07) is 4.09. The number of piperidine rings is 1. The first-order valence-electron chi connectivity index (χ1n) is 7.21. The van der Waals surface area contributed by atoms with Crippen LogP contribution in [-0.4, -0.2) is 35.4 Å². The van der Waals surface area contributed by atoms with Gasteiger partial charge in [0.1, 0.15) is 5.82 Å². The van der Waals surface area contributed by atoms with Gasteiger partial charge in [-0.3, -0.25) is 4.79 Å². The van der Waals surface area contributed by atoms with Crippen LogP contribution in [0, 0.1) is 0 Å². The molecule has 1 fully saturated rings. The van der Waals surface area contributed by atoms with E-state index < -0.39 is 0 Å². The monoisotopic (exact) mass is 261 g/mol. The minimum Gasteiger partial charge on any atom is -0.372 e. The summed E-state index contributed by atoms with van der Waals surface area (Å²) in [5.74, 6) is 0.795. The normalized spacial score (nSPS) is 19.3. The number of nitrogens with zero attached hydrogens (tertiary/aromatic N) is 2. The summed E-state index contributed by atoms with van der Waals surface area (Å²) in [6.07, 6.45) is 7.42. The first-order chi connectivity index (χ1) is 9.27. The van der Waals surface area contributed by atoms with Crippen molar-refractivity contribution in [3.8, 4) is 0 Å². The molecule has 1 amide bonds. The van der Waals surface area contributed by atoms with E-state index in [1.54, 1.807) is 13.2 Å². The van der Waals surface area contributed by atoms with Crippen molar-refractivity contribution in [3.63, 3.8) is 0 Å². The molecule has 0 spiro atoms. The molecule has 1 aliphatic heterocycles.